The number of methoxy groups -OCH3 is 2. The molecule has 1 aliphatic rings. The van der Waals surface area contributed by atoms with Gasteiger partial charge in [-0.2, -0.15) is 9.97 Å². The van der Waals surface area contributed by atoms with E-state index in [1.54, 1.807) is 12.1 Å². The fraction of sp³-hybridized carbons (Fsp3) is 0.444. The summed E-state index contributed by atoms with van der Waals surface area (Å²) in [6.07, 6.45) is 1.05. The Morgan fingerprint density at radius 2 is 1.84 bits per heavy atom. The van der Waals surface area contributed by atoms with E-state index in [2.05, 4.69) is 64.9 Å². The highest BCUT2D eigenvalue weighted by Gasteiger charge is 2.28. The van der Waals surface area contributed by atoms with Crippen LogP contribution in [0.2, 0.25) is 19.6 Å². The number of hydrogen-bond donors (Lipinski definition) is 1. The predicted molar refractivity (Wildman–Crippen MR) is 150 cm³/mol. The standard InChI is InChI=1S/C27H37N5O5Si/c1-31(2)16-18-13-14-32(17-18)27-29-25(34-3)23(26(30-27)35-4)28-24(33)21-11-12-22(37-21)36-19-9-8-10-20(15-19)38(5,6)7/h8-12,15,18H,13-14,16-17H2,1-7H3,(H,28,33). The van der Waals surface area contributed by atoms with Gasteiger partial charge in [0.25, 0.3) is 11.9 Å². The van der Waals surface area contributed by atoms with Gasteiger partial charge >= 0.3 is 0 Å². The number of hydrogen-bond acceptors (Lipinski definition) is 9. The van der Waals surface area contributed by atoms with Crippen LogP contribution in [0.1, 0.15) is 17.0 Å². The average Bonchev–Trinajstić information content (AvgIpc) is 3.53. The van der Waals surface area contributed by atoms with Gasteiger partial charge in [0.2, 0.25) is 17.7 Å². The summed E-state index contributed by atoms with van der Waals surface area (Å²) in [6.45, 7) is 9.49. The Balaban J connectivity index is 1.49. The van der Waals surface area contributed by atoms with Gasteiger partial charge in [0, 0.05) is 25.7 Å². The van der Waals surface area contributed by atoms with Gasteiger partial charge < -0.3 is 33.7 Å². The van der Waals surface area contributed by atoms with Crippen LogP contribution in [0, 0.1) is 5.92 Å². The van der Waals surface area contributed by atoms with Crippen molar-refractivity contribution >= 4 is 30.8 Å². The van der Waals surface area contributed by atoms with Crippen molar-refractivity contribution in [2.45, 2.75) is 26.1 Å². The predicted octanol–water partition coefficient (Wildman–Crippen LogP) is 4.06. The number of anilines is 2. The minimum Gasteiger partial charge on any atom is -0.479 e. The molecule has 2 aromatic heterocycles. The second kappa shape index (κ2) is 11.4. The zero-order chi connectivity index (χ0) is 27.4. The van der Waals surface area contributed by atoms with E-state index in [9.17, 15) is 4.79 Å². The van der Waals surface area contributed by atoms with E-state index >= 15 is 0 Å². The van der Waals surface area contributed by atoms with Crippen LogP contribution in [0.4, 0.5) is 11.6 Å². The summed E-state index contributed by atoms with van der Waals surface area (Å²) in [4.78, 5) is 26.5. The largest absolute Gasteiger partial charge is 0.479 e. The van der Waals surface area contributed by atoms with Crippen LogP contribution in [0.3, 0.4) is 0 Å². The van der Waals surface area contributed by atoms with E-state index in [0.29, 0.717) is 17.6 Å². The highest BCUT2D eigenvalue weighted by molar-refractivity contribution is 6.88. The fourth-order valence-corrected chi connectivity index (χ4v) is 5.62. The third-order valence-electron chi connectivity index (χ3n) is 6.37. The molecule has 38 heavy (non-hydrogen) atoms. The number of carbonyl (C=O) groups excluding carboxylic acids is 1. The molecular weight excluding hydrogens is 502 g/mol. The van der Waals surface area contributed by atoms with Crippen LogP contribution in [0.15, 0.2) is 40.8 Å². The molecule has 0 radical (unpaired) electrons. The Hall–Kier alpha value is -3.57. The zero-order valence-electron chi connectivity index (χ0n) is 23.2. The van der Waals surface area contributed by atoms with Crippen LogP contribution in [0.25, 0.3) is 0 Å². The fourth-order valence-electron chi connectivity index (χ4n) is 4.45. The third kappa shape index (κ3) is 6.46. The van der Waals surface area contributed by atoms with Gasteiger partial charge in [0.15, 0.2) is 11.4 Å². The maximum absolute atomic E-state index is 13.1. The molecule has 1 saturated heterocycles. The van der Waals surface area contributed by atoms with Crippen LogP contribution < -0.4 is 29.6 Å². The number of carbonyl (C=O) groups is 1. The molecule has 1 fully saturated rings. The molecular formula is C27H37N5O5Si. The van der Waals surface area contributed by atoms with Gasteiger partial charge in [-0.15, -0.1) is 0 Å². The number of furan rings is 1. The summed E-state index contributed by atoms with van der Waals surface area (Å²) < 4.78 is 22.6. The number of nitrogens with one attached hydrogen (secondary N) is 1. The van der Waals surface area contributed by atoms with Crippen molar-refractivity contribution in [3.8, 4) is 23.5 Å². The second-order valence-corrected chi connectivity index (χ2v) is 15.8. The molecule has 204 valence electrons. The summed E-state index contributed by atoms with van der Waals surface area (Å²) in [5, 5.41) is 4.04. The van der Waals surface area contributed by atoms with Crippen molar-refractivity contribution in [2.24, 2.45) is 5.92 Å². The highest BCUT2D eigenvalue weighted by atomic mass is 28.3. The number of nitrogens with zero attached hydrogens (tertiary/aromatic N) is 4. The molecule has 1 N–H and O–H groups in total. The number of ether oxygens (including phenoxy) is 3. The summed E-state index contributed by atoms with van der Waals surface area (Å²) >= 11 is 0. The maximum atomic E-state index is 13.1. The topological polar surface area (TPSA) is 102 Å². The molecule has 1 atom stereocenters. The van der Waals surface area contributed by atoms with Crippen LogP contribution in [-0.2, 0) is 0 Å². The first-order valence-corrected chi connectivity index (χ1v) is 16.2. The van der Waals surface area contributed by atoms with Crippen LogP contribution >= 0.6 is 0 Å². The Labute approximate surface area is 224 Å². The Kier molecular flexibility index (Phi) is 8.27. The van der Waals surface area contributed by atoms with Gasteiger partial charge in [0.05, 0.1) is 22.3 Å². The minimum atomic E-state index is -1.49. The monoisotopic (exact) mass is 539 g/mol. The smallest absolute Gasteiger partial charge is 0.291 e. The first-order chi connectivity index (χ1) is 18.1. The lowest BCUT2D eigenvalue weighted by molar-refractivity contribution is 0.0990. The molecule has 0 bridgehead atoms. The zero-order valence-corrected chi connectivity index (χ0v) is 24.2. The molecule has 1 unspecified atom stereocenters. The molecule has 1 aliphatic heterocycles. The number of aromatic nitrogens is 2. The summed E-state index contributed by atoms with van der Waals surface area (Å²) in [7, 11) is 5.64. The molecule has 3 heterocycles. The Morgan fingerprint density at radius 3 is 2.47 bits per heavy atom. The molecule has 11 heteroatoms. The first kappa shape index (κ1) is 27.5. The van der Waals surface area contributed by atoms with E-state index in [-0.39, 0.29) is 29.2 Å². The van der Waals surface area contributed by atoms with Crippen molar-refractivity contribution in [1.29, 1.82) is 0 Å². The maximum Gasteiger partial charge on any atom is 0.291 e. The number of amides is 1. The highest BCUT2D eigenvalue weighted by Crippen LogP contribution is 2.35. The SMILES string of the molecule is COc1nc(N2CCC(CN(C)C)C2)nc(OC)c1NC(=O)c1ccc(Oc2cccc([Si](C)(C)C)c2)o1. The summed E-state index contributed by atoms with van der Waals surface area (Å²) in [5.41, 5.74) is 0.231. The molecule has 10 nitrogen and oxygen atoms in total. The third-order valence-corrected chi connectivity index (χ3v) is 8.41. The van der Waals surface area contributed by atoms with Gasteiger partial charge in [0.1, 0.15) is 5.75 Å². The lowest BCUT2D eigenvalue weighted by atomic mass is 10.1. The number of rotatable bonds is 10. The second-order valence-electron chi connectivity index (χ2n) is 10.7. The van der Waals surface area contributed by atoms with Gasteiger partial charge in [-0.1, -0.05) is 37.0 Å². The minimum absolute atomic E-state index is 0.0700. The van der Waals surface area contributed by atoms with E-state index in [4.69, 9.17) is 18.6 Å². The lowest BCUT2D eigenvalue weighted by Gasteiger charge is -2.20. The normalized spacial score (nSPS) is 15.6. The van der Waals surface area contributed by atoms with Crippen molar-refractivity contribution in [1.82, 2.24) is 14.9 Å². The molecule has 4 rings (SSSR count). The molecule has 0 spiro atoms. The Morgan fingerprint density at radius 1 is 1.13 bits per heavy atom. The van der Waals surface area contributed by atoms with E-state index in [0.717, 1.165) is 26.1 Å². The average molecular weight is 540 g/mol. The van der Waals surface area contributed by atoms with E-state index < -0.39 is 14.0 Å². The molecule has 0 saturated carbocycles. The van der Waals surface area contributed by atoms with Crippen molar-refractivity contribution in [3.63, 3.8) is 0 Å². The summed E-state index contributed by atoms with van der Waals surface area (Å²) in [5.74, 6) is 1.90. The van der Waals surface area contributed by atoms with Gasteiger partial charge in [-0.05, 0) is 44.6 Å². The molecule has 0 aliphatic carbocycles. The molecule has 1 aromatic carbocycles. The van der Waals surface area contributed by atoms with Crippen molar-refractivity contribution < 1.29 is 23.4 Å². The van der Waals surface area contributed by atoms with Crippen LogP contribution in [0.5, 0.6) is 23.5 Å². The van der Waals surface area contributed by atoms with E-state index in [1.165, 1.54) is 19.4 Å². The first-order valence-electron chi connectivity index (χ1n) is 12.7. The quantitative estimate of drug-likeness (QED) is 0.382. The van der Waals surface area contributed by atoms with Crippen molar-refractivity contribution in [2.75, 3.05) is 58.2 Å². The van der Waals surface area contributed by atoms with Gasteiger partial charge in [-0.25, -0.2) is 0 Å². The number of benzene rings is 1. The Bertz CT molecular complexity index is 1250. The summed E-state index contributed by atoms with van der Waals surface area (Å²) in [6, 6.07) is 11.1. The van der Waals surface area contributed by atoms with Crippen LogP contribution in [-0.4, -0.2) is 76.8 Å². The van der Waals surface area contributed by atoms with E-state index in [1.807, 2.05) is 18.2 Å². The van der Waals surface area contributed by atoms with Gasteiger partial charge in [-0.3, -0.25) is 4.79 Å². The molecule has 3 aromatic rings. The van der Waals surface area contributed by atoms with Crippen molar-refractivity contribution in [3.05, 3.63) is 42.2 Å². The lowest BCUT2D eigenvalue weighted by Crippen LogP contribution is -2.37. The molecule has 1 amide bonds.